The molecule has 0 saturated heterocycles. The number of aliphatic hydroxyl groups is 2. The second-order valence-corrected chi connectivity index (χ2v) is 7.76. The molecule has 0 amide bonds. The van der Waals surface area contributed by atoms with Crippen LogP contribution in [0.15, 0.2) is 48.6 Å². The second kappa shape index (κ2) is 11.9. The van der Waals surface area contributed by atoms with E-state index in [9.17, 15) is 28.2 Å². The molecule has 0 radical (unpaired) electrons. The van der Waals surface area contributed by atoms with Crippen LogP contribution in [0, 0.1) is 11.8 Å². The molecule has 0 aliphatic heterocycles. The van der Waals surface area contributed by atoms with Crippen molar-refractivity contribution in [3.63, 3.8) is 0 Å². The van der Waals surface area contributed by atoms with E-state index >= 15 is 0 Å². The van der Waals surface area contributed by atoms with Gasteiger partial charge >= 0.3 is 12.1 Å². The number of hydrogen-bond donors (Lipinski definition) is 3. The van der Waals surface area contributed by atoms with Crippen LogP contribution in [-0.2, 0) is 11.0 Å². The zero-order valence-electron chi connectivity index (χ0n) is 17.2. The molecular formula is C23H29F3O5. The van der Waals surface area contributed by atoms with Gasteiger partial charge in [-0.05, 0) is 56.2 Å². The van der Waals surface area contributed by atoms with Crippen LogP contribution in [0.4, 0.5) is 13.2 Å². The van der Waals surface area contributed by atoms with E-state index < -0.39 is 29.9 Å². The second-order valence-electron chi connectivity index (χ2n) is 7.76. The lowest BCUT2D eigenvalue weighted by Crippen LogP contribution is -2.19. The van der Waals surface area contributed by atoms with E-state index in [1.807, 2.05) is 12.2 Å². The van der Waals surface area contributed by atoms with Crippen molar-refractivity contribution < 1.29 is 38.0 Å². The monoisotopic (exact) mass is 442 g/mol. The number of carbonyl (C=O) groups is 1. The standard InChI is InChI=1S/C23H29F3O5/c24-23(25,26)17-7-5-8-19(14-17)31-15-18(27)11-12-20-16(10-13-21(20)28)6-3-1-2-4-9-22(29)30/h1,3,5,7-8,11-12,14,16,18,20-21,27-28H,2,4,6,9-10,13,15H2,(H,29,30)/b3-1-,12-11+/t16-,18+,20+,21+/m0/s1. The molecule has 1 aromatic rings. The molecule has 1 fully saturated rings. The Labute approximate surface area is 179 Å². The maximum absolute atomic E-state index is 12.7. The van der Waals surface area contributed by atoms with Gasteiger partial charge in [-0.15, -0.1) is 0 Å². The van der Waals surface area contributed by atoms with Crippen LogP contribution in [0.5, 0.6) is 5.75 Å². The number of rotatable bonds is 11. The molecule has 4 atom stereocenters. The minimum atomic E-state index is -4.46. The molecule has 1 aliphatic carbocycles. The average molecular weight is 442 g/mol. The van der Waals surface area contributed by atoms with Gasteiger partial charge in [0, 0.05) is 12.3 Å². The minimum Gasteiger partial charge on any atom is -0.491 e. The van der Waals surface area contributed by atoms with Crippen molar-refractivity contribution in [3.8, 4) is 5.75 Å². The normalized spacial score (nSPS) is 22.9. The number of allylic oxidation sites excluding steroid dienone is 2. The van der Waals surface area contributed by atoms with E-state index in [1.54, 1.807) is 6.08 Å². The van der Waals surface area contributed by atoms with Crippen LogP contribution in [0.2, 0.25) is 0 Å². The Bertz CT molecular complexity index is 760. The first-order valence-electron chi connectivity index (χ1n) is 10.4. The average Bonchev–Trinajstić information content (AvgIpc) is 3.06. The zero-order chi connectivity index (χ0) is 22.9. The summed E-state index contributed by atoms with van der Waals surface area (Å²) in [5.74, 6) is -0.715. The first kappa shape index (κ1) is 24.9. The Morgan fingerprint density at radius 2 is 2.03 bits per heavy atom. The van der Waals surface area contributed by atoms with E-state index in [0.29, 0.717) is 19.3 Å². The van der Waals surface area contributed by atoms with Crippen LogP contribution in [0.1, 0.15) is 44.1 Å². The maximum Gasteiger partial charge on any atom is 0.416 e. The Hall–Kier alpha value is -2.32. The van der Waals surface area contributed by atoms with Crippen molar-refractivity contribution in [2.45, 2.75) is 56.9 Å². The lowest BCUT2D eigenvalue weighted by molar-refractivity contribution is -0.138. The quantitative estimate of drug-likeness (QED) is 0.345. The van der Waals surface area contributed by atoms with Gasteiger partial charge in [0.05, 0.1) is 11.7 Å². The summed E-state index contributed by atoms with van der Waals surface area (Å²) in [6.07, 6.45) is 4.86. The fourth-order valence-corrected chi connectivity index (χ4v) is 3.66. The molecular weight excluding hydrogens is 413 g/mol. The van der Waals surface area contributed by atoms with Gasteiger partial charge < -0.3 is 20.1 Å². The molecule has 3 N–H and O–H groups in total. The highest BCUT2D eigenvalue weighted by molar-refractivity contribution is 5.66. The summed E-state index contributed by atoms with van der Waals surface area (Å²) < 4.78 is 43.5. The summed E-state index contributed by atoms with van der Waals surface area (Å²) in [7, 11) is 0. The lowest BCUT2D eigenvalue weighted by Gasteiger charge is -2.18. The van der Waals surface area contributed by atoms with Gasteiger partial charge in [0.1, 0.15) is 18.5 Å². The van der Waals surface area contributed by atoms with Gasteiger partial charge in [-0.2, -0.15) is 13.2 Å². The number of ether oxygens (including phenoxy) is 1. The van der Waals surface area contributed by atoms with Gasteiger partial charge in [0.2, 0.25) is 0 Å². The molecule has 0 bridgehead atoms. The van der Waals surface area contributed by atoms with E-state index in [0.717, 1.165) is 25.0 Å². The molecule has 5 nitrogen and oxygen atoms in total. The third kappa shape index (κ3) is 8.75. The summed E-state index contributed by atoms with van der Waals surface area (Å²) in [6, 6.07) is 4.47. The number of carboxylic acid groups (broad SMARTS) is 1. The van der Waals surface area contributed by atoms with Crippen LogP contribution in [0.25, 0.3) is 0 Å². The Balaban J connectivity index is 1.82. The van der Waals surface area contributed by atoms with Gasteiger partial charge in [-0.3, -0.25) is 4.79 Å². The molecule has 31 heavy (non-hydrogen) atoms. The summed E-state index contributed by atoms with van der Waals surface area (Å²) in [5.41, 5.74) is -0.817. The smallest absolute Gasteiger partial charge is 0.416 e. The predicted octanol–water partition coefficient (Wildman–Crippen LogP) is 4.59. The molecule has 0 spiro atoms. The number of benzene rings is 1. The number of alkyl halides is 3. The van der Waals surface area contributed by atoms with Crippen molar-refractivity contribution in [1.29, 1.82) is 0 Å². The predicted molar refractivity (Wildman–Crippen MR) is 110 cm³/mol. The highest BCUT2D eigenvalue weighted by Crippen LogP contribution is 2.36. The summed E-state index contributed by atoms with van der Waals surface area (Å²) >= 11 is 0. The molecule has 8 heteroatoms. The van der Waals surface area contributed by atoms with Crippen LogP contribution in [-0.4, -0.2) is 40.1 Å². The number of aliphatic hydroxyl groups excluding tert-OH is 2. The zero-order valence-corrected chi connectivity index (χ0v) is 17.2. The highest BCUT2D eigenvalue weighted by Gasteiger charge is 2.32. The van der Waals surface area contributed by atoms with E-state index in [2.05, 4.69) is 0 Å². The largest absolute Gasteiger partial charge is 0.491 e. The van der Waals surface area contributed by atoms with Crippen LogP contribution >= 0.6 is 0 Å². The van der Waals surface area contributed by atoms with E-state index in [-0.39, 0.29) is 30.6 Å². The van der Waals surface area contributed by atoms with Gasteiger partial charge in [-0.1, -0.05) is 30.4 Å². The van der Waals surface area contributed by atoms with Crippen molar-refractivity contribution in [2.75, 3.05) is 6.61 Å². The Kier molecular flexibility index (Phi) is 9.58. The number of hydrogen-bond acceptors (Lipinski definition) is 4. The van der Waals surface area contributed by atoms with Crippen molar-refractivity contribution >= 4 is 5.97 Å². The first-order chi connectivity index (χ1) is 14.7. The number of unbranched alkanes of at least 4 members (excludes halogenated alkanes) is 1. The number of carboxylic acids is 1. The van der Waals surface area contributed by atoms with Crippen molar-refractivity contribution in [3.05, 3.63) is 54.1 Å². The van der Waals surface area contributed by atoms with Crippen LogP contribution < -0.4 is 4.74 Å². The summed E-state index contributed by atoms with van der Waals surface area (Å²) in [4.78, 5) is 10.5. The Morgan fingerprint density at radius 1 is 1.26 bits per heavy atom. The highest BCUT2D eigenvalue weighted by atomic mass is 19.4. The van der Waals surface area contributed by atoms with Crippen molar-refractivity contribution in [1.82, 2.24) is 0 Å². The summed E-state index contributed by atoms with van der Waals surface area (Å²) in [5, 5.41) is 29.0. The topological polar surface area (TPSA) is 87.0 Å². The first-order valence-corrected chi connectivity index (χ1v) is 10.4. The minimum absolute atomic E-state index is 0.0223. The number of aliphatic carboxylic acids is 1. The van der Waals surface area contributed by atoms with E-state index in [4.69, 9.17) is 9.84 Å². The molecule has 0 heterocycles. The Morgan fingerprint density at radius 3 is 2.74 bits per heavy atom. The summed E-state index contributed by atoms with van der Waals surface area (Å²) in [6.45, 7) is -0.200. The fourth-order valence-electron chi connectivity index (χ4n) is 3.66. The lowest BCUT2D eigenvalue weighted by atomic mass is 9.91. The molecule has 2 rings (SSSR count). The van der Waals surface area contributed by atoms with Gasteiger partial charge in [0.25, 0.3) is 0 Å². The fraction of sp³-hybridized carbons (Fsp3) is 0.522. The third-order valence-corrected chi connectivity index (χ3v) is 5.33. The van der Waals surface area contributed by atoms with Crippen LogP contribution in [0.3, 0.4) is 0 Å². The number of halogens is 3. The molecule has 0 aromatic heterocycles. The third-order valence-electron chi connectivity index (χ3n) is 5.33. The van der Waals surface area contributed by atoms with Gasteiger partial charge in [-0.25, -0.2) is 0 Å². The molecule has 1 saturated carbocycles. The SMILES string of the molecule is O=C(O)CCC/C=C\C[C@H]1CC[C@@H](O)[C@@H]1/C=C/[C@@H](O)COc1cccc(C(F)(F)F)c1. The maximum atomic E-state index is 12.7. The van der Waals surface area contributed by atoms with Gasteiger partial charge in [0.15, 0.2) is 0 Å². The molecule has 172 valence electrons. The van der Waals surface area contributed by atoms with Crippen molar-refractivity contribution in [2.24, 2.45) is 11.8 Å². The molecule has 1 aliphatic rings. The molecule has 1 aromatic carbocycles. The molecule has 0 unspecified atom stereocenters. The van der Waals surface area contributed by atoms with E-state index in [1.165, 1.54) is 18.2 Å².